The number of carbonyl (C=O) groups is 2. The van der Waals surface area contributed by atoms with Crippen LogP contribution in [0.5, 0.6) is 5.75 Å². The SMILES string of the molecule is CCOc1cccc(N2C(=O)C(O)=C(C(=O)CC(C)C)C2c2ccc(Cl)cc2)c1. The van der Waals surface area contributed by atoms with Gasteiger partial charge in [0.05, 0.1) is 18.2 Å². The van der Waals surface area contributed by atoms with Gasteiger partial charge in [0.1, 0.15) is 5.75 Å². The normalized spacial score (nSPS) is 16.7. The maximum absolute atomic E-state index is 13.0. The van der Waals surface area contributed by atoms with Crippen molar-refractivity contribution in [1.29, 1.82) is 0 Å². The van der Waals surface area contributed by atoms with Crippen molar-refractivity contribution < 1.29 is 19.4 Å². The Labute approximate surface area is 175 Å². The first-order valence-corrected chi connectivity index (χ1v) is 9.99. The first-order valence-electron chi connectivity index (χ1n) is 9.61. The van der Waals surface area contributed by atoms with Crippen LogP contribution in [0.4, 0.5) is 5.69 Å². The lowest BCUT2D eigenvalue weighted by atomic mass is 9.92. The Bertz CT molecular complexity index is 950. The third-order valence-electron chi connectivity index (χ3n) is 4.69. The molecule has 5 nitrogen and oxygen atoms in total. The molecule has 3 rings (SSSR count). The predicted molar refractivity (Wildman–Crippen MR) is 113 cm³/mol. The van der Waals surface area contributed by atoms with Crippen molar-refractivity contribution in [1.82, 2.24) is 0 Å². The number of benzene rings is 2. The van der Waals surface area contributed by atoms with E-state index in [0.717, 1.165) is 0 Å². The van der Waals surface area contributed by atoms with Crippen LogP contribution in [0.1, 0.15) is 38.8 Å². The molecule has 6 heteroatoms. The van der Waals surface area contributed by atoms with Gasteiger partial charge in [-0.15, -0.1) is 0 Å². The molecular weight excluding hydrogens is 390 g/mol. The maximum Gasteiger partial charge on any atom is 0.294 e. The fourth-order valence-electron chi connectivity index (χ4n) is 3.49. The minimum absolute atomic E-state index is 0.0964. The van der Waals surface area contributed by atoms with E-state index < -0.39 is 17.7 Å². The molecule has 1 N–H and O–H groups in total. The van der Waals surface area contributed by atoms with Crippen molar-refractivity contribution in [2.75, 3.05) is 11.5 Å². The van der Waals surface area contributed by atoms with Crippen molar-refractivity contribution in [2.24, 2.45) is 5.92 Å². The number of hydrogen-bond acceptors (Lipinski definition) is 4. The number of halogens is 1. The third kappa shape index (κ3) is 4.30. The van der Waals surface area contributed by atoms with Crippen molar-refractivity contribution in [3.05, 3.63) is 70.4 Å². The number of anilines is 1. The molecule has 0 radical (unpaired) electrons. The summed E-state index contributed by atoms with van der Waals surface area (Å²) in [6, 6.07) is 13.3. The first-order chi connectivity index (χ1) is 13.8. The molecule has 1 atom stereocenters. The van der Waals surface area contributed by atoms with Gasteiger partial charge in [-0.05, 0) is 42.7 Å². The Kier molecular flexibility index (Phi) is 6.28. The van der Waals surface area contributed by atoms with Crippen LogP contribution in [0, 0.1) is 5.92 Å². The average molecular weight is 414 g/mol. The highest BCUT2D eigenvalue weighted by atomic mass is 35.5. The van der Waals surface area contributed by atoms with Crippen molar-refractivity contribution in [3.8, 4) is 5.75 Å². The van der Waals surface area contributed by atoms with E-state index in [1.54, 1.807) is 48.5 Å². The van der Waals surface area contributed by atoms with Gasteiger partial charge in [0.15, 0.2) is 11.5 Å². The van der Waals surface area contributed by atoms with E-state index in [2.05, 4.69) is 0 Å². The van der Waals surface area contributed by atoms with Gasteiger partial charge in [-0.3, -0.25) is 14.5 Å². The zero-order valence-electron chi connectivity index (χ0n) is 16.7. The Morgan fingerprint density at radius 1 is 1.21 bits per heavy atom. The molecule has 1 aliphatic rings. The minimum atomic E-state index is -0.733. The van der Waals surface area contributed by atoms with Crippen LogP contribution in [0.15, 0.2) is 59.9 Å². The highest BCUT2D eigenvalue weighted by molar-refractivity contribution is 6.30. The number of ketones is 1. The third-order valence-corrected chi connectivity index (χ3v) is 4.95. The molecule has 29 heavy (non-hydrogen) atoms. The standard InChI is InChI=1S/C23H24ClNO4/c1-4-29-18-7-5-6-17(13-18)25-21(15-8-10-16(24)11-9-15)20(22(27)23(25)28)19(26)12-14(2)3/h5-11,13-14,21,27H,4,12H2,1-3H3. The monoisotopic (exact) mass is 413 g/mol. The zero-order chi connectivity index (χ0) is 21.1. The molecule has 0 aromatic heterocycles. The Hall–Kier alpha value is -2.79. The quantitative estimate of drug-likeness (QED) is 0.672. The van der Waals surface area contributed by atoms with Gasteiger partial charge >= 0.3 is 0 Å². The summed E-state index contributed by atoms with van der Waals surface area (Å²) < 4.78 is 5.55. The molecule has 1 unspecified atom stereocenters. The molecule has 1 amide bonds. The molecular formula is C23H24ClNO4. The fourth-order valence-corrected chi connectivity index (χ4v) is 3.61. The van der Waals surface area contributed by atoms with E-state index in [-0.39, 0.29) is 23.7 Å². The molecule has 1 aliphatic heterocycles. The number of ether oxygens (including phenoxy) is 1. The number of Topliss-reactive ketones (excluding diaryl/α,β-unsaturated/α-hetero) is 1. The van der Waals surface area contributed by atoms with Gasteiger partial charge in [0, 0.05) is 23.2 Å². The molecule has 0 aliphatic carbocycles. The van der Waals surface area contributed by atoms with Crippen LogP contribution >= 0.6 is 11.6 Å². The van der Waals surface area contributed by atoms with Crippen LogP contribution in [0.2, 0.25) is 5.02 Å². The summed E-state index contributed by atoms with van der Waals surface area (Å²) in [5.74, 6) is -0.648. The smallest absolute Gasteiger partial charge is 0.294 e. The Morgan fingerprint density at radius 3 is 2.52 bits per heavy atom. The lowest BCUT2D eigenvalue weighted by Crippen LogP contribution is -2.31. The summed E-state index contributed by atoms with van der Waals surface area (Å²) >= 11 is 6.03. The van der Waals surface area contributed by atoms with Gasteiger partial charge in [-0.25, -0.2) is 0 Å². The number of rotatable bonds is 7. The van der Waals surface area contributed by atoms with Crippen molar-refractivity contribution in [2.45, 2.75) is 33.2 Å². The summed E-state index contributed by atoms with van der Waals surface area (Å²) in [7, 11) is 0. The molecule has 2 aromatic rings. The maximum atomic E-state index is 13.0. The molecule has 0 fully saturated rings. The minimum Gasteiger partial charge on any atom is -0.503 e. The molecule has 0 spiro atoms. The molecule has 0 saturated heterocycles. The molecule has 2 aromatic carbocycles. The number of amides is 1. The average Bonchev–Trinajstić information content (AvgIpc) is 2.93. The van der Waals surface area contributed by atoms with Gasteiger partial charge in [-0.2, -0.15) is 0 Å². The van der Waals surface area contributed by atoms with Crippen molar-refractivity contribution >= 4 is 29.0 Å². The van der Waals surface area contributed by atoms with Gasteiger partial charge < -0.3 is 9.84 Å². The van der Waals surface area contributed by atoms with E-state index in [0.29, 0.717) is 28.6 Å². The van der Waals surface area contributed by atoms with Crippen LogP contribution in [-0.4, -0.2) is 23.4 Å². The summed E-state index contributed by atoms with van der Waals surface area (Å²) in [6.07, 6.45) is 0.240. The van der Waals surface area contributed by atoms with Gasteiger partial charge in [0.2, 0.25) is 0 Å². The molecule has 152 valence electrons. The van der Waals surface area contributed by atoms with E-state index in [4.69, 9.17) is 16.3 Å². The summed E-state index contributed by atoms with van der Waals surface area (Å²) in [4.78, 5) is 27.4. The highest BCUT2D eigenvalue weighted by Crippen LogP contribution is 2.42. The lowest BCUT2D eigenvalue weighted by Gasteiger charge is -2.27. The van der Waals surface area contributed by atoms with Crippen LogP contribution in [0.25, 0.3) is 0 Å². The highest BCUT2D eigenvalue weighted by Gasteiger charge is 2.44. The van der Waals surface area contributed by atoms with Crippen molar-refractivity contribution in [3.63, 3.8) is 0 Å². The van der Waals surface area contributed by atoms with E-state index in [1.165, 1.54) is 4.90 Å². The van der Waals surface area contributed by atoms with E-state index in [1.807, 2.05) is 20.8 Å². The van der Waals surface area contributed by atoms with Gasteiger partial charge in [0.25, 0.3) is 5.91 Å². The second-order valence-electron chi connectivity index (χ2n) is 7.34. The molecule has 0 saturated carbocycles. The largest absolute Gasteiger partial charge is 0.503 e. The fraction of sp³-hybridized carbons (Fsp3) is 0.304. The van der Waals surface area contributed by atoms with Crippen LogP contribution in [0.3, 0.4) is 0 Å². The van der Waals surface area contributed by atoms with E-state index in [9.17, 15) is 14.7 Å². The molecule has 1 heterocycles. The van der Waals surface area contributed by atoms with Crippen LogP contribution in [-0.2, 0) is 9.59 Å². The summed E-state index contributed by atoms with van der Waals surface area (Å²) in [5, 5.41) is 11.2. The topological polar surface area (TPSA) is 66.8 Å². The number of aliphatic hydroxyl groups excluding tert-OH is 1. The zero-order valence-corrected chi connectivity index (χ0v) is 17.4. The number of nitrogens with zero attached hydrogens (tertiary/aromatic N) is 1. The second kappa shape index (κ2) is 8.70. The number of hydrogen-bond donors (Lipinski definition) is 1. The summed E-state index contributed by atoms with van der Waals surface area (Å²) in [5.41, 5.74) is 1.35. The van der Waals surface area contributed by atoms with Crippen LogP contribution < -0.4 is 9.64 Å². The Balaban J connectivity index is 2.12. The number of carbonyl (C=O) groups excluding carboxylic acids is 2. The summed E-state index contributed by atoms with van der Waals surface area (Å²) in [6.45, 7) is 6.21. The first kappa shape index (κ1) is 20.9. The second-order valence-corrected chi connectivity index (χ2v) is 7.78. The predicted octanol–water partition coefficient (Wildman–Crippen LogP) is 5.25. The molecule has 0 bridgehead atoms. The Morgan fingerprint density at radius 2 is 1.90 bits per heavy atom. The van der Waals surface area contributed by atoms with E-state index >= 15 is 0 Å². The number of aliphatic hydroxyl groups is 1. The lowest BCUT2D eigenvalue weighted by molar-refractivity contribution is -0.118. The van der Waals surface area contributed by atoms with Gasteiger partial charge in [-0.1, -0.05) is 43.6 Å².